The van der Waals surface area contributed by atoms with Crippen LogP contribution in [0, 0.1) is 0 Å². The lowest BCUT2D eigenvalue weighted by atomic mass is 9.80. The van der Waals surface area contributed by atoms with Crippen molar-refractivity contribution in [1.29, 1.82) is 0 Å². The summed E-state index contributed by atoms with van der Waals surface area (Å²) in [5.74, 6) is -0.908. The molecule has 0 aromatic heterocycles. The lowest BCUT2D eigenvalue weighted by Gasteiger charge is -2.43. The molecule has 0 aliphatic rings. The molecule has 0 saturated heterocycles. The Morgan fingerprint density at radius 2 is 1.75 bits per heavy atom. The van der Waals surface area contributed by atoms with Crippen LogP contribution in [0.2, 0.25) is 0 Å². The normalized spacial score (nSPS) is 14.0. The van der Waals surface area contributed by atoms with Gasteiger partial charge in [-0.1, -0.05) is 57.7 Å². The molecule has 3 heteroatoms. The summed E-state index contributed by atoms with van der Waals surface area (Å²) in [4.78, 5) is 13.7. The second kappa shape index (κ2) is 7.25. The Balaban J connectivity index is 3.23. The quantitative estimate of drug-likeness (QED) is 0.740. The van der Waals surface area contributed by atoms with Crippen LogP contribution in [0.25, 0.3) is 0 Å². The molecular weight excluding hydrogens is 250 g/mol. The molecule has 0 heterocycles. The molecule has 110 valence electrons. The first-order valence-electron chi connectivity index (χ1n) is 7.23. The maximum atomic E-state index is 11.5. The highest BCUT2D eigenvalue weighted by atomic mass is 16.4. The summed E-state index contributed by atoms with van der Waals surface area (Å²) in [7, 11) is 0. The highest BCUT2D eigenvalue weighted by molar-refractivity contribution is 5.88. The Morgan fingerprint density at radius 1 is 1.20 bits per heavy atom. The van der Waals surface area contributed by atoms with E-state index in [1.54, 1.807) is 0 Å². The molecule has 0 bridgehead atoms. The fourth-order valence-corrected chi connectivity index (χ4v) is 2.93. The number of nitrogens with zero attached hydrogens (tertiary/aromatic N) is 1. The SMILES string of the molecule is C=C(C(=O)O)C(CC)(Cc1ccccc1)N(CC)CC. The van der Waals surface area contributed by atoms with Crippen molar-refractivity contribution in [1.82, 2.24) is 4.90 Å². The third-order valence-electron chi connectivity index (χ3n) is 4.11. The number of rotatable bonds is 8. The molecule has 1 N–H and O–H groups in total. The van der Waals surface area contributed by atoms with Gasteiger partial charge in [0.15, 0.2) is 0 Å². The largest absolute Gasteiger partial charge is 0.478 e. The van der Waals surface area contributed by atoms with E-state index in [4.69, 9.17) is 0 Å². The van der Waals surface area contributed by atoms with Crippen molar-refractivity contribution in [2.45, 2.75) is 39.2 Å². The predicted octanol–water partition coefficient (Wildman–Crippen LogP) is 3.36. The van der Waals surface area contributed by atoms with Gasteiger partial charge >= 0.3 is 5.97 Å². The molecule has 0 amide bonds. The van der Waals surface area contributed by atoms with E-state index in [2.05, 4.69) is 25.3 Å². The minimum atomic E-state index is -0.908. The number of carboxylic acids is 1. The number of carboxylic acid groups (broad SMARTS) is 1. The van der Waals surface area contributed by atoms with Crippen LogP contribution in [0.4, 0.5) is 0 Å². The molecule has 1 atom stereocenters. The Kier molecular flexibility index (Phi) is 5.96. The smallest absolute Gasteiger partial charge is 0.332 e. The van der Waals surface area contributed by atoms with Gasteiger partial charge in [0, 0.05) is 0 Å². The fourth-order valence-electron chi connectivity index (χ4n) is 2.93. The van der Waals surface area contributed by atoms with Crippen LogP contribution in [-0.4, -0.2) is 34.6 Å². The maximum Gasteiger partial charge on any atom is 0.332 e. The van der Waals surface area contributed by atoms with Gasteiger partial charge in [-0.3, -0.25) is 4.90 Å². The summed E-state index contributed by atoms with van der Waals surface area (Å²) < 4.78 is 0. The second-order valence-electron chi connectivity index (χ2n) is 5.00. The minimum Gasteiger partial charge on any atom is -0.478 e. The van der Waals surface area contributed by atoms with Gasteiger partial charge in [-0.05, 0) is 31.5 Å². The second-order valence-corrected chi connectivity index (χ2v) is 5.00. The molecule has 0 fully saturated rings. The molecule has 1 aromatic carbocycles. The summed E-state index contributed by atoms with van der Waals surface area (Å²) in [6.45, 7) is 11.7. The van der Waals surface area contributed by atoms with E-state index in [-0.39, 0.29) is 5.57 Å². The van der Waals surface area contributed by atoms with Crippen LogP contribution >= 0.6 is 0 Å². The Morgan fingerprint density at radius 3 is 2.15 bits per heavy atom. The van der Waals surface area contributed by atoms with E-state index in [0.29, 0.717) is 6.42 Å². The van der Waals surface area contributed by atoms with Crippen LogP contribution in [0.3, 0.4) is 0 Å². The lowest BCUT2D eigenvalue weighted by Crippen LogP contribution is -2.52. The molecule has 0 aliphatic carbocycles. The Bertz CT molecular complexity index is 451. The lowest BCUT2D eigenvalue weighted by molar-refractivity contribution is -0.134. The molecule has 0 aliphatic heterocycles. The minimum absolute atomic E-state index is 0.285. The zero-order valence-electron chi connectivity index (χ0n) is 12.7. The van der Waals surface area contributed by atoms with Crippen molar-refractivity contribution in [2.24, 2.45) is 0 Å². The Labute approximate surface area is 121 Å². The molecule has 3 nitrogen and oxygen atoms in total. The number of hydrogen-bond donors (Lipinski definition) is 1. The zero-order valence-corrected chi connectivity index (χ0v) is 12.7. The van der Waals surface area contributed by atoms with Gasteiger partial charge in [0.2, 0.25) is 0 Å². The average Bonchev–Trinajstić information content (AvgIpc) is 2.47. The fraction of sp³-hybridized carbons (Fsp3) is 0.471. The van der Waals surface area contributed by atoms with E-state index in [9.17, 15) is 9.90 Å². The summed E-state index contributed by atoms with van der Waals surface area (Å²) in [6.07, 6.45) is 1.41. The van der Waals surface area contributed by atoms with Crippen molar-refractivity contribution in [3.8, 4) is 0 Å². The summed E-state index contributed by atoms with van der Waals surface area (Å²) >= 11 is 0. The molecule has 20 heavy (non-hydrogen) atoms. The molecule has 0 saturated carbocycles. The van der Waals surface area contributed by atoms with Crippen molar-refractivity contribution in [3.05, 3.63) is 48.0 Å². The monoisotopic (exact) mass is 275 g/mol. The van der Waals surface area contributed by atoms with Crippen molar-refractivity contribution < 1.29 is 9.90 Å². The number of likely N-dealkylation sites (N-methyl/N-ethyl adjacent to an activating group) is 1. The number of aliphatic carboxylic acids is 1. The van der Waals surface area contributed by atoms with Gasteiger partial charge in [-0.25, -0.2) is 4.79 Å². The van der Waals surface area contributed by atoms with Crippen LogP contribution in [-0.2, 0) is 11.2 Å². The van der Waals surface area contributed by atoms with Crippen molar-refractivity contribution in [2.75, 3.05) is 13.1 Å². The number of carbonyl (C=O) groups is 1. The van der Waals surface area contributed by atoms with Crippen LogP contribution in [0.1, 0.15) is 32.8 Å². The van der Waals surface area contributed by atoms with Gasteiger partial charge in [0.1, 0.15) is 0 Å². The number of hydrogen-bond acceptors (Lipinski definition) is 2. The highest BCUT2D eigenvalue weighted by Gasteiger charge is 2.39. The first-order chi connectivity index (χ1) is 9.51. The topological polar surface area (TPSA) is 40.5 Å². The first kappa shape index (κ1) is 16.4. The van der Waals surface area contributed by atoms with Crippen molar-refractivity contribution >= 4 is 5.97 Å². The first-order valence-corrected chi connectivity index (χ1v) is 7.23. The van der Waals surface area contributed by atoms with Gasteiger partial charge in [0.25, 0.3) is 0 Å². The van der Waals surface area contributed by atoms with Gasteiger partial charge < -0.3 is 5.11 Å². The van der Waals surface area contributed by atoms with E-state index in [0.717, 1.165) is 25.1 Å². The molecular formula is C17H25NO2. The van der Waals surface area contributed by atoms with E-state index in [1.807, 2.05) is 37.3 Å². The third kappa shape index (κ3) is 3.28. The van der Waals surface area contributed by atoms with Crippen LogP contribution < -0.4 is 0 Å². The molecule has 1 rings (SSSR count). The zero-order chi connectivity index (χ0) is 15.2. The maximum absolute atomic E-state index is 11.5. The average molecular weight is 275 g/mol. The van der Waals surface area contributed by atoms with Gasteiger partial charge in [0.05, 0.1) is 11.1 Å². The molecule has 1 unspecified atom stereocenters. The highest BCUT2D eigenvalue weighted by Crippen LogP contribution is 2.32. The van der Waals surface area contributed by atoms with Gasteiger partial charge in [-0.15, -0.1) is 0 Å². The third-order valence-corrected chi connectivity index (χ3v) is 4.11. The van der Waals surface area contributed by atoms with E-state index < -0.39 is 11.5 Å². The van der Waals surface area contributed by atoms with Crippen LogP contribution in [0.5, 0.6) is 0 Å². The summed E-state index contributed by atoms with van der Waals surface area (Å²) in [5.41, 5.74) is 0.910. The molecule has 0 radical (unpaired) electrons. The van der Waals surface area contributed by atoms with E-state index >= 15 is 0 Å². The molecule has 1 aromatic rings. The summed E-state index contributed by atoms with van der Waals surface area (Å²) in [6, 6.07) is 10.0. The standard InChI is InChI=1S/C17H25NO2/c1-5-17(14(4)16(19)20,18(6-2)7-3)13-15-11-9-8-10-12-15/h8-12H,4-7,13H2,1-3H3,(H,19,20). The predicted molar refractivity (Wildman–Crippen MR) is 82.9 cm³/mol. The van der Waals surface area contributed by atoms with E-state index in [1.165, 1.54) is 0 Å². The van der Waals surface area contributed by atoms with Crippen LogP contribution in [0.15, 0.2) is 42.5 Å². The summed E-state index contributed by atoms with van der Waals surface area (Å²) in [5, 5.41) is 9.44. The Hall–Kier alpha value is -1.61. The number of benzene rings is 1. The van der Waals surface area contributed by atoms with Crippen molar-refractivity contribution in [3.63, 3.8) is 0 Å². The molecule has 0 spiro atoms. The van der Waals surface area contributed by atoms with Gasteiger partial charge in [-0.2, -0.15) is 0 Å².